The number of aryl methyl sites for hydroxylation is 1. The molecule has 2 N–H and O–H groups in total. The van der Waals surface area contributed by atoms with Crippen molar-refractivity contribution in [1.29, 1.82) is 0 Å². The van der Waals surface area contributed by atoms with Gasteiger partial charge >= 0.3 is 6.18 Å². The fraction of sp³-hybridized carbons (Fsp3) is 0.133. The first-order valence-corrected chi connectivity index (χ1v) is 6.29. The monoisotopic (exact) mass is 326 g/mol. The number of hydrogen-bond donors (Lipinski definition) is 1. The molecular weight excluding hydrogens is 313 g/mol. The van der Waals surface area contributed by atoms with Crippen LogP contribution < -0.4 is 5.73 Å². The number of amides is 1. The number of carbonyl (C=O) groups is 1. The summed E-state index contributed by atoms with van der Waals surface area (Å²) in [4.78, 5) is 20.3. The average molecular weight is 326 g/mol. The van der Waals surface area contributed by atoms with Gasteiger partial charge in [0.05, 0.1) is 10.5 Å². The van der Waals surface area contributed by atoms with E-state index in [2.05, 4.69) is 0 Å². The number of halogens is 3. The Bertz CT molecular complexity index is 715. The SMILES string of the molecule is Cc1cccc([N+](=O)[O-])c1.NC(=O)c1cccc(C(F)(F)F)c1. The van der Waals surface area contributed by atoms with Crippen LogP contribution in [0.1, 0.15) is 21.5 Å². The van der Waals surface area contributed by atoms with E-state index < -0.39 is 22.6 Å². The Kier molecular flexibility index (Phi) is 5.83. The van der Waals surface area contributed by atoms with Gasteiger partial charge in [-0.25, -0.2) is 0 Å². The van der Waals surface area contributed by atoms with E-state index in [1.807, 2.05) is 13.0 Å². The molecule has 0 bridgehead atoms. The lowest BCUT2D eigenvalue weighted by Crippen LogP contribution is -2.13. The summed E-state index contributed by atoms with van der Waals surface area (Å²) in [6.45, 7) is 1.83. The van der Waals surface area contributed by atoms with Gasteiger partial charge in [-0.1, -0.05) is 18.2 Å². The van der Waals surface area contributed by atoms with E-state index >= 15 is 0 Å². The molecule has 2 aromatic carbocycles. The van der Waals surface area contributed by atoms with Crippen molar-refractivity contribution in [2.24, 2.45) is 5.73 Å². The minimum Gasteiger partial charge on any atom is -0.366 e. The average Bonchev–Trinajstić information content (AvgIpc) is 2.47. The molecule has 122 valence electrons. The van der Waals surface area contributed by atoms with Gasteiger partial charge in [0.1, 0.15) is 0 Å². The number of rotatable bonds is 2. The molecule has 0 radical (unpaired) electrons. The zero-order valence-electron chi connectivity index (χ0n) is 12.0. The zero-order chi connectivity index (χ0) is 17.6. The number of benzene rings is 2. The third-order valence-corrected chi connectivity index (χ3v) is 2.69. The lowest BCUT2D eigenvalue weighted by molar-refractivity contribution is -0.384. The molecule has 23 heavy (non-hydrogen) atoms. The van der Waals surface area contributed by atoms with Crippen LogP contribution in [0.4, 0.5) is 18.9 Å². The maximum absolute atomic E-state index is 12.1. The summed E-state index contributed by atoms with van der Waals surface area (Å²) in [5.41, 5.74) is 4.87. The standard InChI is InChI=1S/C8H6F3NO.C7H7NO2/c9-8(10,11)6-3-1-2-5(4-6)7(12)13;1-6-3-2-4-7(5-6)8(9)10/h1-4H,(H2,12,13);2-5H,1H3. The second kappa shape index (κ2) is 7.39. The largest absolute Gasteiger partial charge is 0.416 e. The number of nitro benzene ring substituents is 1. The molecule has 0 atom stereocenters. The minimum absolute atomic E-state index is 0.144. The van der Waals surface area contributed by atoms with Gasteiger partial charge in [-0.05, 0) is 30.7 Å². The molecule has 0 fully saturated rings. The highest BCUT2D eigenvalue weighted by atomic mass is 19.4. The Morgan fingerprint density at radius 2 is 1.74 bits per heavy atom. The van der Waals surface area contributed by atoms with E-state index in [-0.39, 0.29) is 11.3 Å². The van der Waals surface area contributed by atoms with Gasteiger partial charge in [-0.15, -0.1) is 0 Å². The number of carbonyl (C=O) groups excluding carboxylic acids is 1. The lowest BCUT2D eigenvalue weighted by Gasteiger charge is -2.06. The number of alkyl halides is 3. The second-order valence-electron chi connectivity index (χ2n) is 4.54. The molecule has 2 aromatic rings. The van der Waals surface area contributed by atoms with Crippen molar-refractivity contribution in [1.82, 2.24) is 0 Å². The summed E-state index contributed by atoms with van der Waals surface area (Å²) in [5, 5.41) is 10.2. The molecule has 0 aromatic heterocycles. The van der Waals surface area contributed by atoms with Crippen LogP contribution >= 0.6 is 0 Å². The Labute approximate surface area is 129 Å². The minimum atomic E-state index is -4.44. The van der Waals surface area contributed by atoms with Crippen LogP contribution in [0.3, 0.4) is 0 Å². The topological polar surface area (TPSA) is 86.2 Å². The van der Waals surface area contributed by atoms with Crippen molar-refractivity contribution in [2.45, 2.75) is 13.1 Å². The number of primary amides is 1. The van der Waals surface area contributed by atoms with Gasteiger partial charge in [0.2, 0.25) is 5.91 Å². The third kappa shape index (κ3) is 5.77. The molecule has 5 nitrogen and oxygen atoms in total. The predicted molar refractivity (Wildman–Crippen MR) is 77.8 cm³/mol. The smallest absolute Gasteiger partial charge is 0.366 e. The van der Waals surface area contributed by atoms with E-state index in [0.29, 0.717) is 0 Å². The molecule has 8 heteroatoms. The first-order chi connectivity index (χ1) is 10.6. The highest BCUT2D eigenvalue weighted by molar-refractivity contribution is 5.92. The molecule has 0 unspecified atom stereocenters. The first-order valence-electron chi connectivity index (χ1n) is 6.29. The Hall–Kier alpha value is -2.90. The van der Waals surface area contributed by atoms with E-state index in [9.17, 15) is 28.1 Å². The summed E-state index contributed by atoms with van der Waals surface area (Å²) >= 11 is 0. The number of nitro groups is 1. The zero-order valence-corrected chi connectivity index (χ0v) is 12.0. The Morgan fingerprint density at radius 3 is 2.17 bits per heavy atom. The number of non-ortho nitro benzene ring substituents is 1. The van der Waals surface area contributed by atoms with Crippen LogP contribution in [0.25, 0.3) is 0 Å². The van der Waals surface area contributed by atoms with Gasteiger partial charge in [0.25, 0.3) is 5.69 Å². The molecule has 0 spiro atoms. The van der Waals surface area contributed by atoms with Crippen molar-refractivity contribution < 1.29 is 22.9 Å². The Morgan fingerprint density at radius 1 is 1.13 bits per heavy atom. The number of hydrogen-bond acceptors (Lipinski definition) is 3. The Balaban J connectivity index is 0.000000238. The highest BCUT2D eigenvalue weighted by Gasteiger charge is 2.30. The fourth-order valence-electron chi connectivity index (χ4n) is 1.59. The van der Waals surface area contributed by atoms with E-state index in [4.69, 9.17) is 5.73 Å². The maximum atomic E-state index is 12.1. The van der Waals surface area contributed by atoms with E-state index in [0.717, 1.165) is 23.8 Å². The van der Waals surface area contributed by atoms with Crippen molar-refractivity contribution >= 4 is 11.6 Å². The van der Waals surface area contributed by atoms with Crippen LogP contribution in [0.5, 0.6) is 0 Å². The normalized spacial score (nSPS) is 10.4. The van der Waals surface area contributed by atoms with Crippen LogP contribution in [-0.2, 0) is 6.18 Å². The second-order valence-corrected chi connectivity index (χ2v) is 4.54. The maximum Gasteiger partial charge on any atom is 0.416 e. The number of nitrogens with zero attached hydrogens (tertiary/aromatic N) is 1. The lowest BCUT2D eigenvalue weighted by atomic mass is 10.1. The van der Waals surface area contributed by atoms with Crippen molar-refractivity contribution in [3.05, 3.63) is 75.3 Å². The van der Waals surface area contributed by atoms with Crippen LogP contribution in [0.2, 0.25) is 0 Å². The van der Waals surface area contributed by atoms with Gasteiger partial charge in [-0.2, -0.15) is 13.2 Å². The molecule has 1 amide bonds. The quantitative estimate of drug-likeness (QED) is 0.674. The molecule has 0 aliphatic carbocycles. The fourth-order valence-corrected chi connectivity index (χ4v) is 1.59. The molecule has 0 heterocycles. The van der Waals surface area contributed by atoms with Gasteiger partial charge < -0.3 is 5.73 Å². The third-order valence-electron chi connectivity index (χ3n) is 2.69. The summed E-state index contributed by atoms with van der Waals surface area (Å²) < 4.78 is 36.2. The van der Waals surface area contributed by atoms with Gasteiger partial charge in [0, 0.05) is 17.7 Å². The van der Waals surface area contributed by atoms with Gasteiger partial charge in [-0.3, -0.25) is 14.9 Å². The molecule has 0 aliphatic heterocycles. The van der Waals surface area contributed by atoms with Crippen molar-refractivity contribution in [3.8, 4) is 0 Å². The summed E-state index contributed by atoms with van der Waals surface area (Å²) in [7, 11) is 0. The van der Waals surface area contributed by atoms with Crippen molar-refractivity contribution in [3.63, 3.8) is 0 Å². The summed E-state index contributed by atoms with van der Waals surface area (Å²) in [5.74, 6) is -0.869. The number of nitrogens with two attached hydrogens (primary N) is 1. The van der Waals surface area contributed by atoms with Crippen molar-refractivity contribution in [2.75, 3.05) is 0 Å². The van der Waals surface area contributed by atoms with Gasteiger partial charge in [0.15, 0.2) is 0 Å². The molecular formula is C15H13F3N2O3. The van der Waals surface area contributed by atoms with Crippen LogP contribution in [0.15, 0.2) is 48.5 Å². The van der Waals surface area contributed by atoms with E-state index in [1.165, 1.54) is 12.1 Å². The predicted octanol–water partition coefficient (Wildman–Crippen LogP) is 3.71. The molecule has 0 aliphatic rings. The van der Waals surface area contributed by atoms with Crippen LogP contribution in [-0.4, -0.2) is 10.8 Å². The highest BCUT2D eigenvalue weighted by Crippen LogP contribution is 2.29. The summed E-state index contributed by atoms with van der Waals surface area (Å²) in [6, 6.07) is 10.5. The van der Waals surface area contributed by atoms with Crippen LogP contribution in [0, 0.1) is 17.0 Å². The molecule has 2 rings (SSSR count). The molecule has 0 saturated heterocycles. The molecule has 0 saturated carbocycles. The van der Waals surface area contributed by atoms with E-state index in [1.54, 1.807) is 12.1 Å². The first kappa shape index (κ1) is 18.1. The summed E-state index contributed by atoms with van der Waals surface area (Å²) in [6.07, 6.45) is -4.44.